The lowest BCUT2D eigenvalue weighted by molar-refractivity contribution is 0.597. The number of benzene rings is 1. The van der Waals surface area contributed by atoms with Crippen molar-refractivity contribution >= 4 is 27.3 Å². The van der Waals surface area contributed by atoms with Crippen LogP contribution in [0.1, 0.15) is 20.8 Å². The molecule has 0 bridgehead atoms. The lowest BCUT2D eigenvalue weighted by Gasteiger charge is -2.17. The van der Waals surface area contributed by atoms with E-state index in [9.17, 15) is 8.42 Å². The molecule has 0 aliphatic heterocycles. The Morgan fingerprint density at radius 1 is 1.28 bits per heavy atom. The molecule has 1 unspecified atom stereocenters. The molecular weight excluding hydrogens is 266 g/mol. The van der Waals surface area contributed by atoms with Gasteiger partial charge in [0.05, 0.1) is 16.3 Å². The molecule has 0 radical (unpaired) electrons. The lowest BCUT2D eigenvalue weighted by Crippen LogP contribution is -2.20. The van der Waals surface area contributed by atoms with Gasteiger partial charge < -0.3 is 5.32 Å². The van der Waals surface area contributed by atoms with Gasteiger partial charge in [0.15, 0.2) is 9.84 Å². The smallest absolute Gasteiger partial charge is 0.180 e. The summed E-state index contributed by atoms with van der Waals surface area (Å²) in [6.07, 6.45) is 0. The standard InChI is InChI=1S/C13H21NO2S2/c1-4-17-10-11(3)14-12-8-6-7-9-13(12)18(15,16)5-2/h6-9,11,14H,4-5,10H2,1-3H3. The predicted octanol–water partition coefficient (Wildman–Crippen LogP) is 3.03. The Kier molecular flexibility index (Phi) is 6.02. The highest BCUT2D eigenvalue weighted by atomic mass is 32.2. The van der Waals surface area contributed by atoms with Crippen LogP contribution in [0.4, 0.5) is 5.69 Å². The van der Waals surface area contributed by atoms with Crippen LogP contribution in [-0.2, 0) is 9.84 Å². The van der Waals surface area contributed by atoms with Crippen LogP contribution in [0.15, 0.2) is 29.2 Å². The number of nitrogens with one attached hydrogen (secondary N) is 1. The Morgan fingerprint density at radius 3 is 2.56 bits per heavy atom. The number of para-hydroxylation sites is 1. The van der Waals surface area contributed by atoms with Crippen LogP contribution >= 0.6 is 11.8 Å². The molecular formula is C13H21NO2S2. The molecule has 5 heteroatoms. The molecule has 3 nitrogen and oxygen atoms in total. The zero-order valence-corrected chi connectivity index (χ0v) is 12.8. The first kappa shape index (κ1) is 15.4. The van der Waals surface area contributed by atoms with Crippen molar-refractivity contribution in [1.29, 1.82) is 0 Å². The maximum atomic E-state index is 12.0. The van der Waals surface area contributed by atoms with Gasteiger partial charge in [0.1, 0.15) is 0 Å². The van der Waals surface area contributed by atoms with E-state index in [0.717, 1.165) is 11.5 Å². The maximum Gasteiger partial charge on any atom is 0.180 e. The molecule has 0 aliphatic carbocycles. The van der Waals surface area contributed by atoms with E-state index in [2.05, 4.69) is 19.2 Å². The van der Waals surface area contributed by atoms with Gasteiger partial charge in [-0.3, -0.25) is 0 Å². The molecule has 0 amide bonds. The highest BCUT2D eigenvalue weighted by Gasteiger charge is 2.16. The number of sulfone groups is 1. The van der Waals surface area contributed by atoms with Crippen molar-refractivity contribution in [3.8, 4) is 0 Å². The molecule has 102 valence electrons. The largest absolute Gasteiger partial charge is 0.381 e. The van der Waals surface area contributed by atoms with E-state index in [-0.39, 0.29) is 11.8 Å². The molecule has 1 atom stereocenters. The molecule has 1 rings (SSSR count). The summed E-state index contributed by atoms with van der Waals surface area (Å²) < 4.78 is 23.9. The topological polar surface area (TPSA) is 46.2 Å². The van der Waals surface area contributed by atoms with Gasteiger partial charge in [-0.1, -0.05) is 26.0 Å². The van der Waals surface area contributed by atoms with Gasteiger partial charge in [-0.05, 0) is 24.8 Å². The van der Waals surface area contributed by atoms with Crippen molar-refractivity contribution < 1.29 is 8.42 Å². The summed E-state index contributed by atoms with van der Waals surface area (Å²) >= 11 is 1.84. The van der Waals surface area contributed by atoms with Crippen molar-refractivity contribution in [1.82, 2.24) is 0 Å². The van der Waals surface area contributed by atoms with Crippen molar-refractivity contribution in [3.63, 3.8) is 0 Å². The minimum absolute atomic E-state index is 0.129. The van der Waals surface area contributed by atoms with Crippen LogP contribution in [0.25, 0.3) is 0 Å². The second-order valence-corrected chi connectivity index (χ2v) is 7.67. The number of hydrogen-bond donors (Lipinski definition) is 1. The number of thioether (sulfide) groups is 1. The molecule has 1 aromatic carbocycles. The zero-order valence-electron chi connectivity index (χ0n) is 11.1. The fourth-order valence-electron chi connectivity index (χ4n) is 1.61. The van der Waals surface area contributed by atoms with Crippen molar-refractivity contribution in [2.24, 2.45) is 0 Å². The first-order valence-electron chi connectivity index (χ1n) is 6.17. The summed E-state index contributed by atoms with van der Waals surface area (Å²) in [6, 6.07) is 7.37. The second kappa shape index (κ2) is 7.04. The average molecular weight is 287 g/mol. The summed E-state index contributed by atoms with van der Waals surface area (Å²) in [5.41, 5.74) is 0.712. The predicted molar refractivity (Wildman–Crippen MR) is 80.3 cm³/mol. The summed E-state index contributed by atoms with van der Waals surface area (Å²) in [5.74, 6) is 2.17. The van der Waals surface area contributed by atoms with E-state index in [4.69, 9.17) is 0 Å². The van der Waals surface area contributed by atoms with Crippen LogP contribution in [-0.4, -0.2) is 31.7 Å². The van der Waals surface area contributed by atoms with Gasteiger partial charge in [0, 0.05) is 11.8 Å². The van der Waals surface area contributed by atoms with Crippen LogP contribution in [0.2, 0.25) is 0 Å². The Bertz CT molecular complexity index is 472. The SMILES string of the molecule is CCSCC(C)Nc1ccccc1S(=O)(=O)CC. The van der Waals surface area contributed by atoms with Crippen LogP contribution < -0.4 is 5.32 Å². The molecule has 0 aromatic heterocycles. The Hall–Kier alpha value is -0.680. The molecule has 0 fully saturated rings. The first-order valence-corrected chi connectivity index (χ1v) is 8.98. The van der Waals surface area contributed by atoms with Crippen molar-refractivity contribution in [3.05, 3.63) is 24.3 Å². The fraction of sp³-hybridized carbons (Fsp3) is 0.538. The van der Waals surface area contributed by atoms with Crippen molar-refractivity contribution in [2.75, 3.05) is 22.6 Å². The third-order valence-electron chi connectivity index (χ3n) is 2.58. The molecule has 0 saturated heterocycles. The van der Waals surface area contributed by atoms with Gasteiger partial charge in [-0.25, -0.2) is 8.42 Å². The molecule has 1 N–H and O–H groups in total. The summed E-state index contributed by atoms with van der Waals surface area (Å²) in [6.45, 7) is 5.85. The van der Waals surface area contributed by atoms with Crippen LogP contribution in [0.3, 0.4) is 0 Å². The second-order valence-electron chi connectivity index (χ2n) is 4.10. The van der Waals surface area contributed by atoms with E-state index in [1.54, 1.807) is 19.1 Å². The third kappa shape index (κ3) is 4.21. The molecule has 0 heterocycles. The number of anilines is 1. The maximum absolute atomic E-state index is 12.0. The van der Waals surface area contributed by atoms with E-state index in [1.165, 1.54) is 0 Å². The first-order chi connectivity index (χ1) is 8.51. The molecule has 18 heavy (non-hydrogen) atoms. The molecule has 0 aliphatic rings. The third-order valence-corrected chi connectivity index (χ3v) is 5.51. The van der Waals surface area contributed by atoms with Gasteiger partial charge in [-0.15, -0.1) is 0 Å². The number of hydrogen-bond acceptors (Lipinski definition) is 4. The van der Waals surface area contributed by atoms with E-state index >= 15 is 0 Å². The molecule has 1 aromatic rings. The minimum Gasteiger partial charge on any atom is -0.381 e. The quantitative estimate of drug-likeness (QED) is 0.837. The van der Waals surface area contributed by atoms with Crippen LogP contribution in [0.5, 0.6) is 0 Å². The summed E-state index contributed by atoms with van der Waals surface area (Å²) in [7, 11) is -3.16. The summed E-state index contributed by atoms with van der Waals surface area (Å²) in [5, 5.41) is 3.29. The summed E-state index contributed by atoms with van der Waals surface area (Å²) in [4.78, 5) is 0.404. The molecule has 0 saturated carbocycles. The number of rotatable bonds is 7. The van der Waals surface area contributed by atoms with Crippen molar-refractivity contribution in [2.45, 2.75) is 31.7 Å². The van der Waals surface area contributed by atoms with Gasteiger partial charge in [0.2, 0.25) is 0 Å². The van der Waals surface area contributed by atoms with Gasteiger partial charge in [-0.2, -0.15) is 11.8 Å². The zero-order chi connectivity index (χ0) is 13.6. The Balaban J connectivity index is 2.90. The van der Waals surface area contributed by atoms with Crippen LogP contribution in [0, 0.1) is 0 Å². The Labute approximate surface area is 114 Å². The van der Waals surface area contributed by atoms with E-state index in [1.807, 2.05) is 23.9 Å². The average Bonchev–Trinajstić information content (AvgIpc) is 2.37. The van der Waals surface area contributed by atoms with E-state index in [0.29, 0.717) is 10.6 Å². The highest BCUT2D eigenvalue weighted by Crippen LogP contribution is 2.23. The van der Waals surface area contributed by atoms with Gasteiger partial charge >= 0.3 is 0 Å². The fourth-order valence-corrected chi connectivity index (χ4v) is 3.35. The molecule has 0 spiro atoms. The highest BCUT2D eigenvalue weighted by molar-refractivity contribution is 7.99. The van der Waals surface area contributed by atoms with E-state index < -0.39 is 9.84 Å². The Morgan fingerprint density at radius 2 is 1.94 bits per heavy atom. The normalized spacial score (nSPS) is 13.3. The van der Waals surface area contributed by atoms with Gasteiger partial charge in [0.25, 0.3) is 0 Å². The monoisotopic (exact) mass is 287 g/mol. The lowest BCUT2D eigenvalue weighted by atomic mass is 10.3. The minimum atomic E-state index is -3.16.